The van der Waals surface area contributed by atoms with Crippen LogP contribution in [-0.4, -0.2) is 27.8 Å². The number of hydrogen-bond donors (Lipinski definition) is 2. The standard InChI is InChI=1S/C26H44F2O2/c1-6-26(30)14-13-23(3)17(15-26)7-8-18-20-10-9-19(16(2)22(29)25(5,27)28)24(20,4)12-11-21(18)23/h16-22,29-30H,6-15H2,1-5H3/t16-,17-,18-,19+,20-,21-,22-,23-,24+,26-/m0/s1. The van der Waals surface area contributed by atoms with Crippen LogP contribution in [-0.2, 0) is 0 Å². The van der Waals surface area contributed by atoms with E-state index in [4.69, 9.17) is 0 Å². The molecule has 0 unspecified atom stereocenters. The summed E-state index contributed by atoms with van der Waals surface area (Å²) < 4.78 is 27.8. The number of alkyl halides is 2. The smallest absolute Gasteiger partial charge is 0.270 e. The zero-order chi connectivity index (χ0) is 22.1. The van der Waals surface area contributed by atoms with Crippen molar-refractivity contribution in [1.82, 2.24) is 0 Å². The summed E-state index contributed by atoms with van der Waals surface area (Å²) in [6.07, 6.45) is 9.19. The van der Waals surface area contributed by atoms with Gasteiger partial charge in [0.2, 0.25) is 0 Å². The molecule has 4 heteroatoms. The lowest BCUT2D eigenvalue weighted by atomic mass is 9.43. The molecule has 0 heterocycles. The van der Waals surface area contributed by atoms with Gasteiger partial charge in [0, 0.05) is 6.92 Å². The molecule has 4 aliphatic carbocycles. The number of fused-ring (bicyclic) bond motifs is 5. The molecule has 4 fully saturated rings. The van der Waals surface area contributed by atoms with E-state index in [-0.39, 0.29) is 17.3 Å². The monoisotopic (exact) mass is 426 g/mol. The molecule has 0 aromatic carbocycles. The Bertz CT molecular complexity index is 647. The minimum Gasteiger partial charge on any atom is -0.390 e. The van der Waals surface area contributed by atoms with E-state index in [9.17, 15) is 19.0 Å². The van der Waals surface area contributed by atoms with E-state index in [1.165, 1.54) is 19.3 Å². The van der Waals surface area contributed by atoms with Gasteiger partial charge in [-0.05, 0) is 111 Å². The maximum Gasteiger partial charge on any atom is 0.270 e. The van der Waals surface area contributed by atoms with Crippen LogP contribution in [0.5, 0.6) is 0 Å². The van der Waals surface area contributed by atoms with Crippen molar-refractivity contribution in [3.63, 3.8) is 0 Å². The van der Waals surface area contributed by atoms with Gasteiger partial charge in [0.1, 0.15) is 6.10 Å². The average molecular weight is 427 g/mol. The summed E-state index contributed by atoms with van der Waals surface area (Å²) in [5.74, 6) is -0.584. The third-order valence-corrected chi connectivity index (χ3v) is 11.2. The molecule has 10 atom stereocenters. The Kier molecular flexibility index (Phi) is 5.66. The third-order valence-electron chi connectivity index (χ3n) is 11.2. The maximum atomic E-state index is 13.9. The van der Waals surface area contributed by atoms with Crippen molar-refractivity contribution in [2.75, 3.05) is 0 Å². The molecule has 0 aromatic rings. The van der Waals surface area contributed by atoms with E-state index < -0.39 is 17.6 Å². The topological polar surface area (TPSA) is 40.5 Å². The fraction of sp³-hybridized carbons (Fsp3) is 1.00. The summed E-state index contributed by atoms with van der Waals surface area (Å²) in [6.45, 7) is 9.70. The van der Waals surface area contributed by atoms with E-state index in [0.717, 1.165) is 51.9 Å². The van der Waals surface area contributed by atoms with Crippen molar-refractivity contribution < 1.29 is 19.0 Å². The molecule has 0 spiro atoms. The molecule has 30 heavy (non-hydrogen) atoms. The predicted octanol–water partition coefficient (Wildman–Crippen LogP) is 6.44. The summed E-state index contributed by atoms with van der Waals surface area (Å²) in [6, 6.07) is 0. The lowest BCUT2D eigenvalue weighted by Gasteiger charge is -2.62. The largest absolute Gasteiger partial charge is 0.390 e. The molecule has 2 N–H and O–H groups in total. The molecule has 0 aliphatic heterocycles. The van der Waals surface area contributed by atoms with Crippen LogP contribution < -0.4 is 0 Å². The number of halogens is 2. The predicted molar refractivity (Wildman–Crippen MR) is 116 cm³/mol. The van der Waals surface area contributed by atoms with Gasteiger partial charge in [-0.2, -0.15) is 0 Å². The maximum absolute atomic E-state index is 13.9. The van der Waals surface area contributed by atoms with Crippen LogP contribution in [0.4, 0.5) is 8.78 Å². The van der Waals surface area contributed by atoms with Gasteiger partial charge < -0.3 is 10.2 Å². The third kappa shape index (κ3) is 3.38. The van der Waals surface area contributed by atoms with E-state index >= 15 is 0 Å². The Hall–Kier alpha value is -0.220. The highest BCUT2D eigenvalue weighted by Gasteiger charge is 2.62. The van der Waals surface area contributed by atoms with Crippen LogP contribution in [0.3, 0.4) is 0 Å². The highest BCUT2D eigenvalue weighted by atomic mass is 19.3. The number of hydrogen-bond acceptors (Lipinski definition) is 2. The molecule has 4 saturated carbocycles. The van der Waals surface area contributed by atoms with Crippen LogP contribution in [0.15, 0.2) is 0 Å². The Morgan fingerprint density at radius 2 is 1.63 bits per heavy atom. The Balaban J connectivity index is 1.54. The normalized spacial score (nSPS) is 50.9. The van der Waals surface area contributed by atoms with E-state index in [1.807, 2.05) is 6.92 Å². The SMILES string of the molecule is CC[C@]1(O)CC[C@@]2(C)[C@@H](CC[C@@H]3[C@@H]2CC[C@]2(C)[C@@H]([C@H](C)[C@H](O)C(C)(F)F)CC[C@@H]32)C1. The van der Waals surface area contributed by atoms with Crippen LogP contribution in [0.25, 0.3) is 0 Å². The average Bonchev–Trinajstić information content (AvgIpc) is 3.04. The Morgan fingerprint density at radius 3 is 2.27 bits per heavy atom. The van der Waals surface area contributed by atoms with Crippen LogP contribution in [0.2, 0.25) is 0 Å². The van der Waals surface area contributed by atoms with Gasteiger partial charge >= 0.3 is 0 Å². The first-order valence-corrected chi connectivity index (χ1v) is 12.6. The quantitative estimate of drug-likeness (QED) is 0.543. The van der Waals surface area contributed by atoms with Crippen molar-refractivity contribution in [3.8, 4) is 0 Å². The molecule has 0 aromatic heterocycles. The number of aliphatic hydroxyl groups is 2. The number of aliphatic hydroxyl groups excluding tert-OH is 1. The molecule has 0 amide bonds. The molecule has 0 saturated heterocycles. The van der Waals surface area contributed by atoms with Gasteiger partial charge in [0.25, 0.3) is 5.92 Å². The van der Waals surface area contributed by atoms with E-state index in [1.54, 1.807) is 0 Å². The van der Waals surface area contributed by atoms with Crippen LogP contribution in [0, 0.1) is 46.3 Å². The lowest BCUT2D eigenvalue weighted by molar-refractivity contribution is -0.163. The molecule has 0 radical (unpaired) electrons. The molecule has 2 nitrogen and oxygen atoms in total. The first-order chi connectivity index (χ1) is 13.9. The zero-order valence-corrected chi connectivity index (χ0v) is 19.8. The van der Waals surface area contributed by atoms with Crippen molar-refractivity contribution in [3.05, 3.63) is 0 Å². The first-order valence-electron chi connectivity index (χ1n) is 12.6. The molecule has 0 bridgehead atoms. The van der Waals surface area contributed by atoms with Gasteiger partial charge in [-0.1, -0.05) is 27.7 Å². The number of rotatable bonds is 4. The fourth-order valence-electron chi connectivity index (χ4n) is 9.23. The minimum absolute atomic E-state index is 0.0782. The fourth-order valence-corrected chi connectivity index (χ4v) is 9.23. The molecule has 4 rings (SSSR count). The zero-order valence-electron chi connectivity index (χ0n) is 19.8. The van der Waals surface area contributed by atoms with Gasteiger partial charge in [-0.25, -0.2) is 8.78 Å². The first kappa shape index (κ1) is 23.0. The Labute approximate surface area is 182 Å². The highest BCUT2D eigenvalue weighted by molar-refractivity contribution is 5.11. The second kappa shape index (κ2) is 7.40. The lowest BCUT2D eigenvalue weighted by Crippen LogP contribution is -2.56. The minimum atomic E-state index is -3.03. The van der Waals surface area contributed by atoms with Crippen LogP contribution in [0.1, 0.15) is 98.8 Å². The summed E-state index contributed by atoms with van der Waals surface area (Å²) >= 11 is 0. The van der Waals surface area contributed by atoms with Crippen molar-refractivity contribution >= 4 is 0 Å². The molecular weight excluding hydrogens is 382 g/mol. The van der Waals surface area contributed by atoms with E-state index in [2.05, 4.69) is 20.8 Å². The van der Waals surface area contributed by atoms with Gasteiger partial charge in [0.15, 0.2) is 0 Å². The summed E-state index contributed by atoms with van der Waals surface area (Å²) in [4.78, 5) is 0. The van der Waals surface area contributed by atoms with Crippen molar-refractivity contribution in [1.29, 1.82) is 0 Å². The molecule has 4 aliphatic rings. The highest BCUT2D eigenvalue weighted by Crippen LogP contribution is 2.69. The second-order valence-electron chi connectivity index (χ2n) is 12.4. The van der Waals surface area contributed by atoms with Gasteiger partial charge in [-0.3, -0.25) is 0 Å². The van der Waals surface area contributed by atoms with Gasteiger partial charge in [-0.15, -0.1) is 0 Å². The molecule has 174 valence electrons. The van der Waals surface area contributed by atoms with Crippen molar-refractivity contribution in [2.45, 2.75) is 116 Å². The van der Waals surface area contributed by atoms with Gasteiger partial charge in [0.05, 0.1) is 5.60 Å². The van der Waals surface area contributed by atoms with Crippen molar-refractivity contribution in [2.24, 2.45) is 46.3 Å². The Morgan fingerprint density at radius 1 is 0.967 bits per heavy atom. The van der Waals surface area contributed by atoms with Crippen LogP contribution >= 0.6 is 0 Å². The summed E-state index contributed by atoms with van der Waals surface area (Å²) in [5, 5.41) is 21.3. The molecular formula is C26H44F2O2. The summed E-state index contributed by atoms with van der Waals surface area (Å²) in [5.41, 5.74) is -0.0598. The second-order valence-corrected chi connectivity index (χ2v) is 12.4. The van der Waals surface area contributed by atoms with E-state index in [0.29, 0.717) is 29.1 Å². The summed E-state index contributed by atoms with van der Waals surface area (Å²) in [7, 11) is 0.